The number of benzene rings is 1. The zero-order chi connectivity index (χ0) is 26.1. The first-order valence-electron chi connectivity index (χ1n) is 11.9. The van der Waals surface area contributed by atoms with Crippen LogP contribution in [0.3, 0.4) is 0 Å². The van der Waals surface area contributed by atoms with Gasteiger partial charge in [0, 0.05) is 40.6 Å². The number of aryl methyl sites for hydroxylation is 1. The first kappa shape index (κ1) is 28.2. The number of nitrogens with one attached hydrogen (secondary N) is 1. The van der Waals surface area contributed by atoms with Crippen molar-refractivity contribution in [3.05, 3.63) is 57.6 Å². The van der Waals surface area contributed by atoms with Gasteiger partial charge in [-0.25, -0.2) is 4.98 Å². The Balaban J connectivity index is 0.00000210. The van der Waals surface area contributed by atoms with Crippen molar-refractivity contribution >= 4 is 34.1 Å². The summed E-state index contributed by atoms with van der Waals surface area (Å²) in [7, 11) is 0. The van der Waals surface area contributed by atoms with Gasteiger partial charge in [-0.15, -0.1) is 0 Å². The van der Waals surface area contributed by atoms with E-state index in [-0.39, 0.29) is 18.2 Å². The number of hydrogen-bond acceptors (Lipinski definition) is 6. The van der Waals surface area contributed by atoms with E-state index in [2.05, 4.69) is 27.0 Å². The molecule has 1 amide bonds. The van der Waals surface area contributed by atoms with Gasteiger partial charge in [-0.05, 0) is 39.1 Å². The van der Waals surface area contributed by atoms with Gasteiger partial charge >= 0.3 is 0 Å². The van der Waals surface area contributed by atoms with Crippen LogP contribution in [0.4, 0.5) is 5.82 Å². The molecule has 0 radical (unpaired) electrons. The molecule has 35 heavy (non-hydrogen) atoms. The van der Waals surface area contributed by atoms with E-state index in [1.165, 1.54) is 0 Å². The second-order valence-corrected chi connectivity index (χ2v) is 8.27. The minimum atomic E-state index is -0.668. The molecule has 0 fully saturated rings. The zero-order valence-electron chi connectivity index (χ0n) is 21.3. The predicted octanol–water partition coefficient (Wildman–Crippen LogP) is 4.54. The molecule has 0 saturated heterocycles. The Morgan fingerprint density at radius 1 is 1.23 bits per heavy atom. The summed E-state index contributed by atoms with van der Waals surface area (Å²) in [6.07, 6.45) is 1.01. The minimum absolute atomic E-state index is 0.133. The summed E-state index contributed by atoms with van der Waals surface area (Å²) in [5.41, 5.74) is 7.89. The van der Waals surface area contributed by atoms with E-state index in [0.29, 0.717) is 39.8 Å². The number of aliphatic hydroxyl groups is 1. The highest BCUT2D eigenvalue weighted by Crippen LogP contribution is 2.26. The number of carbonyl (C=O) groups is 1. The molecule has 1 atom stereocenters. The normalized spacial score (nSPS) is 11.5. The summed E-state index contributed by atoms with van der Waals surface area (Å²) in [6.45, 7) is 13.9. The third-order valence-corrected chi connectivity index (χ3v) is 5.82. The highest BCUT2D eigenvalue weighted by Gasteiger charge is 2.20. The van der Waals surface area contributed by atoms with Crippen LogP contribution >= 0.6 is 11.6 Å². The van der Waals surface area contributed by atoms with Crippen LogP contribution in [0.15, 0.2) is 28.8 Å². The van der Waals surface area contributed by atoms with Crippen molar-refractivity contribution in [1.82, 2.24) is 15.2 Å². The Morgan fingerprint density at radius 2 is 1.89 bits per heavy atom. The van der Waals surface area contributed by atoms with Crippen molar-refractivity contribution in [2.75, 3.05) is 31.9 Å². The average Bonchev–Trinajstić information content (AvgIpc) is 3.14. The summed E-state index contributed by atoms with van der Waals surface area (Å²) in [6, 6.07) is 5.45. The van der Waals surface area contributed by atoms with Crippen molar-refractivity contribution in [1.29, 1.82) is 0 Å². The van der Waals surface area contributed by atoms with Gasteiger partial charge in [0.2, 0.25) is 0 Å². The molecule has 2 aromatic heterocycles. The number of likely N-dealkylation sites (N-methyl/N-ethyl adjacent to an activating group) is 1. The number of carbonyl (C=O) groups excluding carboxylic acids is 1. The third-order valence-electron chi connectivity index (χ3n) is 5.59. The van der Waals surface area contributed by atoms with Crippen LogP contribution in [0.1, 0.15) is 60.7 Å². The topological polar surface area (TPSA) is 105 Å². The Morgan fingerprint density at radius 3 is 2.54 bits per heavy atom. The van der Waals surface area contributed by atoms with Gasteiger partial charge in [-0.3, -0.25) is 4.79 Å². The number of aliphatic hydroxyl groups excluding tert-OH is 1. The third kappa shape index (κ3) is 6.98. The maximum atomic E-state index is 12.7. The van der Waals surface area contributed by atoms with Crippen molar-refractivity contribution < 1.29 is 14.3 Å². The van der Waals surface area contributed by atoms with Crippen molar-refractivity contribution in [2.24, 2.45) is 0 Å². The average molecular weight is 499 g/mol. The molecule has 7 nitrogen and oxygen atoms in total. The summed E-state index contributed by atoms with van der Waals surface area (Å²) in [4.78, 5) is 19.0. The second kappa shape index (κ2) is 13.1. The number of nitrogen functional groups attached to an aromatic ring is 1. The van der Waals surface area contributed by atoms with Crippen molar-refractivity contribution in [2.45, 2.75) is 47.6 Å². The van der Waals surface area contributed by atoms with Gasteiger partial charge in [0.05, 0.1) is 17.2 Å². The van der Waals surface area contributed by atoms with Gasteiger partial charge in [0.25, 0.3) is 5.91 Å². The van der Waals surface area contributed by atoms with Crippen LogP contribution in [0.5, 0.6) is 0 Å². The lowest BCUT2D eigenvalue weighted by Gasteiger charge is -2.21. The summed E-state index contributed by atoms with van der Waals surface area (Å²) in [5.74, 6) is 6.79. The monoisotopic (exact) mass is 498 g/mol. The van der Waals surface area contributed by atoms with Crippen LogP contribution < -0.4 is 11.1 Å². The highest BCUT2D eigenvalue weighted by molar-refractivity contribution is 6.31. The highest BCUT2D eigenvalue weighted by atomic mass is 35.5. The molecule has 0 saturated carbocycles. The quantitative estimate of drug-likeness (QED) is 0.413. The number of furan rings is 1. The van der Waals surface area contributed by atoms with Gasteiger partial charge in [-0.2, -0.15) is 0 Å². The fraction of sp³-hybridized carbons (Fsp3) is 0.407. The van der Waals surface area contributed by atoms with Gasteiger partial charge < -0.3 is 25.5 Å². The van der Waals surface area contributed by atoms with Gasteiger partial charge in [0.1, 0.15) is 11.6 Å². The van der Waals surface area contributed by atoms with E-state index in [0.717, 1.165) is 23.9 Å². The Kier molecular flexibility index (Phi) is 10.6. The molecular weight excluding hydrogens is 464 g/mol. The number of pyridine rings is 1. The number of nitrogens with two attached hydrogens (primary N) is 1. The molecule has 0 aliphatic carbocycles. The zero-order valence-corrected chi connectivity index (χ0v) is 22.1. The molecule has 0 aliphatic rings. The number of nitrogens with zero attached hydrogens (tertiary/aromatic N) is 2. The predicted molar refractivity (Wildman–Crippen MR) is 143 cm³/mol. The number of hydrogen-bond donors (Lipinski definition) is 3. The maximum absolute atomic E-state index is 12.7. The molecule has 0 bridgehead atoms. The fourth-order valence-electron chi connectivity index (χ4n) is 3.65. The molecule has 8 heteroatoms. The van der Waals surface area contributed by atoms with Gasteiger partial charge in [0.15, 0.2) is 5.76 Å². The number of halogens is 1. The Bertz CT molecular complexity index is 1220. The second-order valence-electron chi connectivity index (χ2n) is 7.84. The Hall–Kier alpha value is -3.05. The molecule has 4 N–H and O–H groups in total. The van der Waals surface area contributed by atoms with E-state index in [9.17, 15) is 9.90 Å². The van der Waals surface area contributed by atoms with E-state index in [4.69, 9.17) is 21.8 Å². The molecule has 3 rings (SSSR count). The number of rotatable bonds is 7. The maximum Gasteiger partial charge on any atom is 0.287 e. The van der Waals surface area contributed by atoms with Crippen LogP contribution in [0.25, 0.3) is 10.8 Å². The molecule has 188 valence electrons. The van der Waals surface area contributed by atoms with Crippen molar-refractivity contribution in [3.63, 3.8) is 0 Å². The first-order chi connectivity index (χ1) is 16.7. The van der Waals surface area contributed by atoms with Crippen LogP contribution in [-0.4, -0.2) is 53.2 Å². The van der Waals surface area contributed by atoms with Crippen molar-refractivity contribution in [3.8, 4) is 11.8 Å². The molecule has 0 spiro atoms. The molecule has 1 aromatic carbocycles. The standard InChI is InChI=1S/C25H29ClN4O3.C2H6/c1-5-30(6-2)14-19(31)13-29-25(32)23-15(3)20(16(4)33-23)9-10-21-22-11-18(26)8-7-17(22)12-28-24(21)27;1-2/h7-8,11-12,19,31H,5-6,13-14H2,1-4H3,(H2,27,28)(H,29,32);1-2H3. The molecule has 2 heterocycles. The lowest BCUT2D eigenvalue weighted by Crippen LogP contribution is -2.40. The SMILES string of the molecule is CC.CCN(CC)CC(O)CNC(=O)c1oc(C)c(C#Cc2c(N)ncc3ccc(Cl)cc23)c1C. The molecular formula is C27H35ClN4O3. The van der Waals surface area contributed by atoms with E-state index < -0.39 is 6.10 Å². The van der Waals surface area contributed by atoms with E-state index in [1.54, 1.807) is 32.2 Å². The van der Waals surface area contributed by atoms with Crippen LogP contribution in [0.2, 0.25) is 5.02 Å². The number of fused-ring (bicyclic) bond motifs is 1. The first-order valence-corrected chi connectivity index (χ1v) is 12.3. The summed E-state index contributed by atoms with van der Waals surface area (Å²) >= 11 is 6.16. The smallest absolute Gasteiger partial charge is 0.287 e. The minimum Gasteiger partial charge on any atom is -0.455 e. The number of anilines is 1. The van der Waals surface area contributed by atoms with Gasteiger partial charge in [-0.1, -0.05) is 57.2 Å². The van der Waals surface area contributed by atoms with E-state index >= 15 is 0 Å². The number of aromatic nitrogens is 1. The molecule has 3 aromatic rings. The Labute approximate surface area is 212 Å². The summed E-state index contributed by atoms with van der Waals surface area (Å²) < 4.78 is 5.71. The fourth-order valence-corrected chi connectivity index (χ4v) is 3.82. The lowest BCUT2D eigenvalue weighted by molar-refractivity contribution is 0.0844. The van der Waals surface area contributed by atoms with Crippen LogP contribution in [-0.2, 0) is 0 Å². The van der Waals surface area contributed by atoms with Crippen LogP contribution in [0, 0.1) is 25.7 Å². The number of amides is 1. The molecule has 1 unspecified atom stereocenters. The lowest BCUT2D eigenvalue weighted by atomic mass is 10.1. The molecule has 0 aliphatic heterocycles. The van der Waals surface area contributed by atoms with E-state index in [1.807, 2.05) is 33.8 Å². The largest absolute Gasteiger partial charge is 0.455 e. The summed E-state index contributed by atoms with van der Waals surface area (Å²) in [5, 5.41) is 15.2.